The molecule has 6 heteroatoms. The van der Waals surface area contributed by atoms with Gasteiger partial charge in [-0.2, -0.15) is 0 Å². The van der Waals surface area contributed by atoms with E-state index in [2.05, 4.69) is 5.32 Å². The lowest BCUT2D eigenvalue weighted by Crippen LogP contribution is -2.45. The Morgan fingerprint density at radius 1 is 1.27 bits per heavy atom. The first-order chi connectivity index (χ1) is 10.6. The number of esters is 1. The number of nitrogens with zero attached hydrogens (tertiary/aromatic N) is 1. The van der Waals surface area contributed by atoms with Crippen LogP contribution in [-0.2, 0) is 9.53 Å². The van der Waals surface area contributed by atoms with Crippen molar-refractivity contribution in [1.29, 1.82) is 0 Å². The summed E-state index contributed by atoms with van der Waals surface area (Å²) in [6, 6.07) is 8.39. The number of hydrogen-bond acceptors (Lipinski definition) is 4. The van der Waals surface area contributed by atoms with Gasteiger partial charge in [-0.05, 0) is 25.5 Å². The fraction of sp³-hybridized carbons (Fsp3) is 0.500. The lowest BCUT2D eigenvalue weighted by Gasteiger charge is -2.29. The second-order valence-corrected chi connectivity index (χ2v) is 4.79. The smallest absolute Gasteiger partial charge is 0.322 e. The molecule has 2 N–H and O–H groups in total. The molecule has 0 fully saturated rings. The number of aliphatic hydroxyl groups excluding tert-OH is 1. The zero-order valence-corrected chi connectivity index (χ0v) is 13.1. The van der Waals surface area contributed by atoms with Crippen molar-refractivity contribution in [1.82, 2.24) is 4.90 Å². The van der Waals surface area contributed by atoms with Gasteiger partial charge in [0.1, 0.15) is 0 Å². The number of para-hydroxylation sites is 1. The van der Waals surface area contributed by atoms with E-state index in [4.69, 9.17) is 4.74 Å². The number of benzene rings is 1. The van der Waals surface area contributed by atoms with Crippen molar-refractivity contribution in [3.8, 4) is 0 Å². The number of aliphatic hydroxyl groups is 1. The van der Waals surface area contributed by atoms with Crippen LogP contribution >= 0.6 is 0 Å². The van der Waals surface area contributed by atoms with Crippen LogP contribution in [0.5, 0.6) is 0 Å². The van der Waals surface area contributed by atoms with Crippen molar-refractivity contribution < 1.29 is 19.4 Å². The molecule has 0 spiro atoms. The van der Waals surface area contributed by atoms with Crippen LogP contribution < -0.4 is 5.32 Å². The lowest BCUT2D eigenvalue weighted by atomic mass is 10.2. The van der Waals surface area contributed by atoms with E-state index in [0.717, 1.165) is 0 Å². The zero-order chi connectivity index (χ0) is 16.4. The number of nitrogens with one attached hydrogen (secondary N) is 1. The van der Waals surface area contributed by atoms with Crippen molar-refractivity contribution in [2.24, 2.45) is 0 Å². The summed E-state index contributed by atoms with van der Waals surface area (Å²) in [5.41, 5.74) is 0.668. The molecule has 0 aliphatic carbocycles. The SMILES string of the molecule is CCOC(=O)CCN(C(=O)Nc1ccccc1)C(CC)CO. The summed E-state index contributed by atoms with van der Waals surface area (Å²) in [7, 11) is 0. The molecule has 1 atom stereocenters. The van der Waals surface area contributed by atoms with E-state index >= 15 is 0 Å². The predicted molar refractivity (Wildman–Crippen MR) is 84.6 cm³/mol. The highest BCUT2D eigenvalue weighted by molar-refractivity contribution is 5.89. The monoisotopic (exact) mass is 308 g/mol. The molecular weight excluding hydrogens is 284 g/mol. The Bertz CT molecular complexity index is 460. The van der Waals surface area contributed by atoms with Crippen LogP contribution in [0.2, 0.25) is 0 Å². The first-order valence-corrected chi connectivity index (χ1v) is 7.51. The molecule has 6 nitrogen and oxygen atoms in total. The normalized spacial score (nSPS) is 11.6. The van der Waals surface area contributed by atoms with E-state index in [1.807, 2.05) is 25.1 Å². The number of carbonyl (C=O) groups excluding carboxylic acids is 2. The van der Waals surface area contributed by atoms with Gasteiger partial charge in [-0.15, -0.1) is 0 Å². The summed E-state index contributed by atoms with van der Waals surface area (Å²) in [6.07, 6.45) is 0.702. The van der Waals surface area contributed by atoms with Gasteiger partial charge in [0.15, 0.2) is 0 Å². The first-order valence-electron chi connectivity index (χ1n) is 7.51. The van der Waals surface area contributed by atoms with Crippen molar-refractivity contribution in [2.45, 2.75) is 32.7 Å². The van der Waals surface area contributed by atoms with Gasteiger partial charge < -0.3 is 20.1 Å². The Hall–Kier alpha value is -2.08. The number of amides is 2. The molecule has 0 aliphatic rings. The minimum atomic E-state index is -0.354. The molecule has 0 aliphatic heterocycles. The number of anilines is 1. The third-order valence-corrected chi connectivity index (χ3v) is 3.27. The zero-order valence-electron chi connectivity index (χ0n) is 13.1. The van der Waals surface area contributed by atoms with Gasteiger partial charge in [0.05, 0.1) is 25.7 Å². The van der Waals surface area contributed by atoms with Crippen LogP contribution in [0.25, 0.3) is 0 Å². The molecule has 0 radical (unpaired) electrons. The Labute approximate surface area is 131 Å². The maximum Gasteiger partial charge on any atom is 0.322 e. The first kappa shape index (κ1) is 18.0. The van der Waals surface area contributed by atoms with E-state index in [9.17, 15) is 14.7 Å². The van der Waals surface area contributed by atoms with Crippen molar-refractivity contribution >= 4 is 17.7 Å². The Morgan fingerprint density at radius 2 is 1.95 bits per heavy atom. The van der Waals surface area contributed by atoms with Gasteiger partial charge in [0.2, 0.25) is 0 Å². The maximum absolute atomic E-state index is 12.4. The van der Waals surface area contributed by atoms with Gasteiger partial charge in [-0.25, -0.2) is 4.79 Å². The maximum atomic E-state index is 12.4. The minimum Gasteiger partial charge on any atom is -0.466 e. The van der Waals surface area contributed by atoms with Crippen molar-refractivity contribution in [3.63, 3.8) is 0 Å². The molecule has 0 saturated heterocycles. The Morgan fingerprint density at radius 3 is 2.50 bits per heavy atom. The average Bonchev–Trinajstić information content (AvgIpc) is 2.52. The number of rotatable bonds is 8. The molecule has 0 heterocycles. The van der Waals surface area contributed by atoms with Crippen molar-refractivity contribution in [3.05, 3.63) is 30.3 Å². The third-order valence-electron chi connectivity index (χ3n) is 3.27. The number of ether oxygens (including phenoxy) is 1. The van der Waals surface area contributed by atoms with E-state index in [-0.39, 0.29) is 37.6 Å². The minimum absolute atomic E-state index is 0.104. The number of urea groups is 1. The molecule has 1 unspecified atom stereocenters. The van der Waals surface area contributed by atoms with Gasteiger partial charge in [0, 0.05) is 12.2 Å². The summed E-state index contributed by atoms with van der Waals surface area (Å²) in [5.74, 6) is -0.354. The van der Waals surface area contributed by atoms with Gasteiger partial charge >= 0.3 is 12.0 Å². The van der Waals surface area contributed by atoms with Gasteiger partial charge in [-0.1, -0.05) is 25.1 Å². The second kappa shape index (κ2) is 9.78. The molecule has 0 saturated carbocycles. The fourth-order valence-electron chi connectivity index (χ4n) is 2.06. The molecule has 1 aromatic carbocycles. The van der Waals surface area contributed by atoms with Crippen LogP contribution in [0, 0.1) is 0 Å². The summed E-state index contributed by atoms with van der Waals surface area (Å²) >= 11 is 0. The summed E-state index contributed by atoms with van der Waals surface area (Å²) in [5, 5.41) is 12.2. The van der Waals surface area contributed by atoms with E-state index in [0.29, 0.717) is 18.7 Å². The van der Waals surface area contributed by atoms with E-state index in [1.54, 1.807) is 19.1 Å². The summed E-state index contributed by atoms with van der Waals surface area (Å²) in [6.45, 7) is 3.98. The molecule has 1 rings (SSSR count). The van der Waals surface area contributed by atoms with Crippen LogP contribution in [0.1, 0.15) is 26.7 Å². The Kier molecular flexibility index (Phi) is 7.99. The molecule has 0 aromatic heterocycles. The van der Waals surface area contributed by atoms with Crippen LogP contribution in [0.15, 0.2) is 30.3 Å². The van der Waals surface area contributed by atoms with E-state index < -0.39 is 0 Å². The predicted octanol–water partition coefficient (Wildman–Crippen LogP) is 2.24. The molecular formula is C16H24N2O4. The van der Waals surface area contributed by atoms with Crippen LogP contribution in [-0.4, -0.2) is 47.8 Å². The molecule has 2 amide bonds. The highest BCUT2D eigenvalue weighted by atomic mass is 16.5. The van der Waals surface area contributed by atoms with Crippen LogP contribution in [0.4, 0.5) is 10.5 Å². The largest absolute Gasteiger partial charge is 0.466 e. The number of carbonyl (C=O) groups is 2. The third kappa shape index (κ3) is 5.73. The summed E-state index contributed by atoms with van der Waals surface area (Å²) < 4.78 is 4.88. The molecule has 22 heavy (non-hydrogen) atoms. The lowest BCUT2D eigenvalue weighted by molar-refractivity contribution is -0.143. The highest BCUT2D eigenvalue weighted by Gasteiger charge is 2.22. The average molecular weight is 308 g/mol. The van der Waals surface area contributed by atoms with E-state index in [1.165, 1.54) is 4.90 Å². The molecule has 1 aromatic rings. The second-order valence-electron chi connectivity index (χ2n) is 4.79. The quantitative estimate of drug-likeness (QED) is 0.722. The Balaban J connectivity index is 2.71. The van der Waals surface area contributed by atoms with Gasteiger partial charge in [0.25, 0.3) is 0 Å². The highest BCUT2D eigenvalue weighted by Crippen LogP contribution is 2.11. The van der Waals surface area contributed by atoms with Crippen LogP contribution in [0.3, 0.4) is 0 Å². The number of hydrogen-bond donors (Lipinski definition) is 2. The van der Waals surface area contributed by atoms with Crippen molar-refractivity contribution in [2.75, 3.05) is 25.1 Å². The van der Waals surface area contributed by atoms with Gasteiger partial charge in [-0.3, -0.25) is 4.79 Å². The fourth-order valence-corrected chi connectivity index (χ4v) is 2.06. The summed E-state index contributed by atoms with van der Waals surface area (Å²) in [4.78, 5) is 25.4. The molecule has 0 bridgehead atoms. The topological polar surface area (TPSA) is 78.9 Å². The standard InChI is InChI=1S/C16H24N2O4/c1-3-14(12-19)18(11-10-15(20)22-4-2)16(21)17-13-8-6-5-7-9-13/h5-9,14,19H,3-4,10-12H2,1-2H3,(H,17,21). The molecule has 122 valence electrons.